The zero-order chi connectivity index (χ0) is 15.1. The van der Waals surface area contributed by atoms with Crippen LogP contribution in [0.15, 0.2) is 47.7 Å². The molecule has 21 heavy (non-hydrogen) atoms. The fourth-order valence-corrected chi connectivity index (χ4v) is 2.21. The number of aromatic nitrogens is 2. The van der Waals surface area contributed by atoms with Gasteiger partial charge in [0.1, 0.15) is 5.75 Å². The summed E-state index contributed by atoms with van der Waals surface area (Å²) in [7, 11) is 0. The molecule has 0 radical (unpaired) electrons. The molecule has 0 spiro atoms. The third-order valence-electron chi connectivity index (χ3n) is 3.22. The van der Waals surface area contributed by atoms with Crippen LogP contribution in [0.3, 0.4) is 0 Å². The normalized spacial score (nSPS) is 12.1. The van der Waals surface area contributed by atoms with Crippen molar-refractivity contribution in [3.05, 3.63) is 58.8 Å². The van der Waals surface area contributed by atoms with Crippen LogP contribution in [0, 0.1) is 0 Å². The molecule has 0 amide bonds. The molecule has 0 saturated heterocycles. The highest BCUT2D eigenvalue weighted by Crippen LogP contribution is 2.19. The summed E-state index contributed by atoms with van der Waals surface area (Å²) in [4.78, 5) is 15.8. The standard InChI is InChI=1S/C16H21N3O2/c1-3-18-15(11-19-12-17-10-9-16(19)20)13-5-7-14(8-6-13)21-4-2/h5-10,12,15,18H,3-4,11H2,1-2H3. The molecule has 0 aliphatic carbocycles. The lowest BCUT2D eigenvalue weighted by molar-refractivity contribution is 0.340. The number of nitrogens with zero attached hydrogens (tertiary/aromatic N) is 2. The topological polar surface area (TPSA) is 56.2 Å². The molecule has 2 aromatic rings. The Balaban J connectivity index is 2.18. The first-order valence-electron chi connectivity index (χ1n) is 7.21. The van der Waals surface area contributed by atoms with E-state index in [0.717, 1.165) is 17.9 Å². The minimum Gasteiger partial charge on any atom is -0.494 e. The molecule has 1 aromatic heterocycles. The minimum atomic E-state index is -0.0427. The molecule has 1 heterocycles. The van der Waals surface area contributed by atoms with Gasteiger partial charge in [0.2, 0.25) is 0 Å². The molecule has 5 nitrogen and oxygen atoms in total. The molecule has 112 valence electrons. The predicted molar refractivity (Wildman–Crippen MR) is 82.5 cm³/mol. The number of likely N-dealkylation sites (N-methyl/N-ethyl adjacent to an activating group) is 1. The maximum Gasteiger partial charge on any atom is 0.253 e. The van der Waals surface area contributed by atoms with Gasteiger partial charge in [0, 0.05) is 18.8 Å². The Bertz CT molecular complexity index is 607. The van der Waals surface area contributed by atoms with Crippen LogP contribution < -0.4 is 15.6 Å². The molecule has 0 bridgehead atoms. The van der Waals surface area contributed by atoms with Crippen molar-refractivity contribution in [1.82, 2.24) is 14.9 Å². The van der Waals surface area contributed by atoms with Crippen molar-refractivity contribution < 1.29 is 4.74 Å². The fraction of sp³-hybridized carbons (Fsp3) is 0.375. The Labute approximate surface area is 124 Å². The highest BCUT2D eigenvalue weighted by Gasteiger charge is 2.12. The van der Waals surface area contributed by atoms with Crippen LogP contribution in [-0.4, -0.2) is 22.7 Å². The van der Waals surface area contributed by atoms with E-state index < -0.39 is 0 Å². The lowest BCUT2D eigenvalue weighted by Gasteiger charge is -2.19. The first kappa shape index (κ1) is 15.3. The first-order chi connectivity index (χ1) is 10.2. The molecule has 1 N–H and O–H groups in total. The molecule has 2 rings (SSSR count). The van der Waals surface area contributed by atoms with E-state index in [9.17, 15) is 4.79 Å². The van der Waals surface area contributed by atoms with Crippen molar-refractivity contribution in [1.29, 1.82) is 0 Å². The fourth-order valence-electron chi connectivity index (χ4n) is 2.21. The summed E-state index contributed by atoms with van der Waals surface area (Å²) in [5, 5.41) is 3.40. The van der Waals surface area contributed by atoms with Crippen LogP contribution in [0.5, 0.6) is 5.75 Å². The van der Waals surface area contributed by atoms with Crippen molar-refractivity contribution in [2.75, 3.05) is 13.2 Å². The van der Waals surface area contributed by atoms with E-state index in [0.29, 0.717) is 13.2 Å². The van der Waals surface area contributed by atoms with E-state index in [1.54, 1.807) is 10.9 Å². The maximum absolute atomic E-state index is 11.8. The third kappa shape index (κ3) is 4.16. The molecule has 0 aliphatic rings. The van der Waals surface area contributed by atoms with Crippen LogP contribution >= 0.6 is 0 Å². The van der Waals surface area contributed by atoms with Crippen LogP contribution in [0.4, 0.5) is 0 Å². The van der Waals surface area contributed by atoms with Gasteiger partial charge >= 0.3 is 0 Å². The Hall–Kier alpha value is -2.14. The average Bonchev–Trinajstić information content (AvgIpc) is 2.50. The van der Waals surface area contributed by atoms with Crippen molar-refractivity contribution >= 4 is 0 Å². The molecule has 1 atom stereocenters. The second kappa shape index (κ2) is 7.59. The van der Waals surface area contributed by atoms with Crippen molar-refractivity contribution in [2.45, 2.75) is 26.4 Å². The van der Waals surface area contributed by atoms with E-state index in [-0.39, 0.29) is 11.6 Å². The average molecular weight is 287 g/mol. The van der Waals surface area contributed by atoms with Crippen molar-refractivity contribution in [3.8, 4) is 5.75 Å². The summed E-state index contributed by atoms with van der Waals surface area (Å²) in [5.74, 6) is 0.857. The van der Waals surface area contributed by atoms with Gasteiger partial charge in [0.25, 0.3) is 5.56 Å². The number of benzene rings is 1. The molecule has 0 saturated carbocycles. The van der Waals surface area contributed by atoms with Crippen LogP contribution in [0.1, 0.15) is 25.5 Å². The minimum absolute atomic E-state index is 0.0427. The Kier molecular flexibility index (Phi) is 5.51. The summed E-state index contributed by atoms with van der Waals surface area (Å²) < 4.78 is 7.07. The number of nitrogens with one attached hydrogen (secondary N) is 1. The number of hydrogen-bond acceptors (Lipinski definition) is 4. The Morgan fingerprint density at radius 1 is 1.24 bits per heavy atom. The van der Waals surface area contributed by atoms with Crippen LogP contribution in [-0.2, 0) is 6.54 Å². The zero-order valence-corrected chi connectivity index (χ0v) is 12.5. The zero-order valence-electron chi connectivity index (χ0n) is 12.5. The molecule has 0 fully saturated rings. The summed E-state index contributed by atoms with van der Waals surface area (Å²) in [5.41, 5.74) is 1.08. The predicted octanol–water partition coefficient (Wildman–Crippen LogP) is 1.99. The quantitative estimate of drug-likeness (QED) is 0.846. The van der Waals surface area contributed by atoms with Crippen molar-refractivity contribution in [3.63, 3.8) is 0 Å². The molecule has 1 unspecified atom stereocenters. The van der Waals surface area contributed by atoms with Crippen LogP contribution in [0.25, 0.3) is 0 Å². The van der Waals surface area contributed by atoms with Gasteiger partial charge in [-0.15, -0.1) is 0 Å². The number of hydrogen-bond donors (Lipinski definition) is 1. The van der Waals surface area contributed by atoms with Gasteiger partial charge in [-0.3, -0.25) is 9.36 Å². The smallest absolute Gasteiger partial charge is 0.253 e. The second-order valence-corrected chi connectivity index (χ2v) is 4.68. The van der Waals surface area contributed by atoms with E-state index in [2.05, 4.69) is 10.3 Å². The summed E-state index contributed by atoms with van der Waals surface area (Å²) >= 11 is 0. The highest BCUT2D eigenvalue weighted by molar-refractivity contribution is 5.29. The molecular formula is C16H21N3O2. The molecular weight excluding hydrogens is 266 g/mol. The van der Waals surface area contributed by atoms with E-state index in [4.69, 9.17) is 4.74 Å². The molecule has 1 aromatic carbocycles. The largest absolute Gasteiger partial charge is 0.494 e. The summed E-state index contributed by atoms with van der Waals surface area (Å²) in [6, 6.07) is 9.50. The van der Waals surface area contributed by atoms with Gasteiger partial charge in [-0.1, -0.05) is 19.1 Å². The van der Waals surface area contributed by atoms with Gasteiger partial charge in [-0.25, -0.2) is 4.98 Å². The third-order valence-corrected chi connectivity index (χ3v) is 3.22. The highest BCUT2D eigenvalue weighted by atomic mass is 16.5. The molecule has 0 aliphatic heterocycles. The van der Waals surface area contributed by atoms with Gasteiger partial charge < -0.3 is 10.1 Å². The van der Waals surface area contributed by atoms with Gasteiger partial charge in [0.15, 0.2) is 0 Å². The van der Waals surface area contributed by atoms with Gasteiger partial charge in [0.05, 0.1) is 19.0 Å². The van der Waals surface area contributed by atoms with Gasteiger partial charge in [-0.05, 0) is 31.2 Å². The molecule has 5 heteroatoms. The Morgan fingerprint density at radius 3 is 2.62 bits per heavy atom. The van der Waals surface area contributed by atoms with E-state index >= 15 is 0 Å². The first-order valence-corrected chi connectivity index (χ1v) is 7.21. The van der Waals surface area contributed by atoms with Crippen molar-refractivity contribution in [2.24, 2.45) is 0 Å². The lowest BCUT2D eigenvalue weighted by atomic mass is 10.1. The number of rotatable bonds is 7. The lowest BCUT2D eigenvalue weighted by Crippen LogP contribution is -2.30. The summed E-state index contributed by atoms with van der Waals surface area (Å²) in [6.45, 7) is 6.04. The van der Waals surface area contributed by atoms with Crippen LogP contribution in [0.2, 0.25) is 0 Å². The SMILES string of the molecule is CCNC(Cn1cnccc1=O)c1ccc(OCC)cc1. The van der Waals surface area contributed by atoms with E-state index in [1.807, 2.05) is 38.1 Å². The van der Waals surface area contributed by atoms with E-state index in [1.165, 1.54) is 12.3 Å². The number of ether oxygens (including phenoxy) is 1. The maximum atomic E-state index is 11.8. The summed E-state index contributed by atoms with van der Waals surface area (Å²) in [6.07, 6.45) is 3.08. The second-order valence-electron chi connectivity index (χ2n) is 4.68. The monoisotopic (exact) mass is 287 g/mol. The Morgan fingerprint density at radius 2 is 2.00 bits per heavy atom. The van der Waals surface area contributed by atoms with Gasteiger partial charge in [-0.2, -0.15) is 0 Å².